The number of alkyl halides is 2. The van der Waals surface area contributed by atoms with Gasteiger partial charge < -0.3 is 10.1 Å². The molecule has 0 fully saturated rings. The number of anilines is 1. The molecule has 112 valence electrons. The molecular formula is C14H10Br3F2NO. The second-order valence-corrected chi connectivity index (χ2v) is 6.71. The second-order valence-electron chi connectivity index (χ2n) is 4.08. The van der Waals surface area contributed by atoms with Crippen LogP contribution in [0.2, 0.25) is 0 Å². The van der Waals surface area contributed by atoms with Gasteiger partial charge >= 0.3 is 6.61 Å². The molecule has 0 aliphatic carbocycles. The molecule has 0 aliphatic rings. The molecule has 0 radical (unpaired) electrons. The zero-order chi connectivity index (χ0) is 15.4. The molecule has 2 nitrogen and oxygen atoms in total. The SMILES string of the molecule is FC(F)Oc1ccccc1CNc1c(Br)cc(Br)cc1Br. The van der Waals surface area contributed by atoms with E-state index >= 15 is 0 Å². The predicted molar refractivity (Wildman–Crippen MR) is 89.9 cm³/mol. The van der Waals surface area contributed by atoms with E-state index in [1.807, 2.05) is 12.1 Å². The van der Waals surface area contributed by atoms with Crippen LogP contribution in [0.5, 0.6) is 5.75 Å². The van der Waals surface area contributed by atoms with Crippen molar-refractivity contribution < 1.29 is 13.5 Å². The summed E-state index contributed by atoms with van der Waals surface area (Å²) in [6, 6.07) is 10.5. The molecule has 7 heteroatoms. The highest BCUT2D eigenvalue weighted by molar-refractivity contribution is 9.11. The van der Waals surface area contributed by atoms with Crippen molar-refractivity contribution in [1.29, 1.82) is 0 Å². The third-order valence-electron chi connectivity index (χ3n) is 2.65. The average molecular weight is 486 g/mol. The van der Waals surface area contributed by atoms with Gasteiger partial charge in [0.2, 0.25) is 0 Å². The van der Waals surface area contributed by atoms with Gasteiger partial charge in [-0.1, -0.05) is 34.1 Å². The Kier molecular flexibility index (Phi) is 6.01. The number of hydrogen-bond acceptors (Lipinski definition) is 2. The lowest BCUT2D eigenvalue weighted by Gasteiger charge is -2.14. The van der Waals surface area contributed by atoms with Crippen molar-refractivity contribution in [1.82, 2.24) is 0 Å². The Bertz CT molecular complexity index is 614. The molecule has 0 saturated carbocycles. The topological polar surface area (TPSA) is 21.3 Å². The zero-order valence-corrected chi connectivity index (χ0v) is 15.3. The highest BCUT2D eigenvalue weighted by Gasteiger charge is 2.11. The fraction of sp³-hybridized carbons (Fsp3) is 0.143. The Morgan fingerprint density at radius 2 is 1.67 bits per heavy atom. The number of rotatable bonds is 5. The van der Waals surface area contributed by atoms with Crippen LogP contribution in [0.4, 0.5) is 14.5 Å². The summed E-state index contributed by atoms with van der Waals surface area (Å²) in [7, 11) is 0. The van der Waals surface area contributed by atoms with Crippen LogP contribution in [0, 0.1) is 0 Å². The summed E-state index contributed by atoms with van der Waals surface area (Å²) < 4.78 is 31.9. The quantitative estimate of drug-likeness (QED) is 0.545. The van der Waals surface area contributed by atoms with Crippen LogP contribution in [0.15, 0.2) is 49.8 Å². The van der Waals surface area contributed by atoms with Crippen molar-refractivity contribution in [2.24, 2.45) is 0 Å². The third-order valence-corrected chi connectivity index (χ3v) is 4.36. The van der Waals surface area contributed by atoms with E-state index in [2.05, 4.69) is 57.8 Å². The third kappa shape index (κ3) is 4.66. The van der Waals surface area contributed by atoms with Crippen molar-refractivity contribution in [3.8, 4) is 5.75 Å². The number of benzene rings is 2. The van der Waals surface area contributed by atoms with Crippen molar-refractivity contribution in [3.05, 3.63) is 55.4 Å². The van der Waals surface area contributed by atoms with E-state index in [1.165, 1.54) is 6.07 Å². The lowest BCUT2D eigenvalue weighted by atomic mass is 10.2. The fourth-order valence-electron chi connectivity index (χ4n) is 1.76. The lowest BCUT2D eigenvalue weighted by Crippen LogP contribution is -2.07. The van der Waals surface area contributed by atoms with Crippen molar-refractivity contribution in [2.75, 3.05) is 5.32 Å². The van der Waals surface area contributed by atoms with Crippen molar-refractivity contribution >= 4 is 53.5 Å². The van der Waals surface area contributed by atoms with Crippen LogP contribution in [-0.2, 0) is 6.54 Å². The summed E-state index contributed by atoms with van der Waals surface area (Å²) in [4.78, 5) is 0. The highest BCUT2D eigenvalue weighted by Crippen LogP contribution is 2.35. The molecule has 0 unspecified atom stereocenters. The minimum atomic E-state index is -2.84. The van der Waals surface area contributed by atoms with E-state index < -0.39 is 6.61 Å². The Morgan fingerprint density at radius 3 is 2.29 bits per heavy atom. The van der Waals surface area contributed by atoms with E-state index in [1.54, 1.807) is 18.2 Å². The first-order valence-corrected chi connectivity index (χ1v) is 8.26. The number of hydrogen-bond donors (Lipinski definition) is 1. The van der Waals surface area contributed by atoms with Gasteiger partial charge in [-0.05, 0) is 50.1 Å². The molecule has 0 aromatic heterocycles. The van der Waals surface area contributed by atoms with Crippen LogP contribution in [-0.4, -0.2) is 6.61 Å². The minimum Gasteiger partial charge on any atom is -0.434 e. The summed E-state index contributed by atoms with van der Waals surface area (Å²) >= 11 is 10.3. The smallest absolute Gasteiger partial charge is 0.387 e. The molecule has 0 saturated heterocycles. The van der Waals surface area contributed by atoms with Crippen LogP contribution < -0.4 is 10.1 Å². The van der Waals surface area contributed by atoms with Crippen molar-refractivity contribution in [2.45, 2.75) is 13.2 Å². The maximum Gasteiger partial charge on any atom is 0.387 e. The summed E-state index contributed by atoms with van der Waals surface area (Å²) in [5.41, 5.74) is 1.49. The van der Waals surface area contributed by atoms with Gasteiger partial charge in [-0.2, -0.15) is 8.78 Å². The van der Waals surface area contributed by atoms with Crippen LogP contribution in [0.1, 0.15) is 5.56 Å². The standard InChI is InChI=1S/C14H10Br3F2NO/c15-9-5-10(16)13(11(17)6-9)20-7-8-3-1-2-4-12(8)21-14(18)19/h1-6,14,20H,7H2. The number of ether oxygens (including phenoxy) is 1. The number of nitrogens with one attached hydrogen (secondary N) is 1. The van der Waals surface area contributed by atoms with Gasteiger partial charge in [0, 0.05) is 25.5 Å². The molecule has 2 aromatic carbocycles. The maximum absolute atomic E-state index is 12.4. The molecule has 0 amide bonds. The van der Waals surface area contributed by atoms with Gasteiger partial charge in [0.15, 0.2) is 0 Å². The molecule has 21 heavy (non-hydrogen) atoms. The molecule has 0 atom stereocenters. The molecule has 0 bridgehead atoms. The first kappa shape index (κ1) is 16.7. The highest BCUT2D eigenvalue weighted by atomic mass is 79.9. The maximum atomic E-state index is 12.4. The molecule has 0 heterocycles. The Balaban J connectivity index is 2.17. The molecule has 2 rings (SSSR count). The van der Waals surface area contributed by atoms with Crippen molar-refractivity contribution in [3.63, 3.8) is 0 Å². The summed E-state index contributed by atoms with van der Waals surface area (Å²) in [5, 5.41) is 3.20. The summed E-state index contributed by atoms with van der Waals surface area (Å²) in [5.74, 6) is 0.171. The van der Waals surface area contributed by atoms with Crippen LogP contribution in [0.25, 0.3) is 0 Å². The lowest BCUT2D eigenvalue weighted by molar-refractivity contribution is -0.0504. The number of para-hydroxylation sites is 1. The van der Waals surface area contributed by atoms with Gasteiger partial charge in [-0.15, -0.1) is 0 Å². The zero-order valence-electron chi connectivity index (χ0n) is 10.5. The normalized spacial score (nSPS) is 10.8. The van der Waals surface area contributed by atoms with E-state index in [-0.39, 0.29) is 5.75 Å². The molecule has 1 N–H and O–H groups in total. The molecule has 2 aromatic rings. The first-order valence-electron chi connectivity index (χ1n) is 5.88. The molecular weight excluding hydrogens is 476 g/mol. The van der Waals surface area contributed by atoms with Gasteiger partial charge in [0.05, 0.1) is 5.69 Å². The van der Waals surface area contributed by atoms with E-state index in [0.717, 1.165) is 19.1 Å². The van der Waals surface area contributed by atoms with E-state index in [0.29, 0.717) is 12.1 Å². The van der Waals surface area contributed by atoms with Gasteiger partial charge in [-0.3, -0.25) is 0 Å². The van der Waals surface area contributed by atoms with Gasteiger partial charge in [0.25, 0.3) is 0 Å². The van der Waals surface area contributed by atoms with E-state index in [4.69, 9.17) is 0 Å². The van der Waals surface area contributed by atoms with Gasteiger partial charge in [-0.25, -0.2) is 0 Å². The monoisotopic (exact) mass is 483 g/mol. The Morgan fingerprint density at radius 1 is 1.05 bits per heavy atom. The minimum absolute atomic E-state index is 0.171. The van der Waals surface area contributed by atoms with E-state index in [9.17, 15) is 8.78 Å². The number of halogens is 5. The van der Waals surface area contributed by atoms with Crippen LogP contribution in [0.3, 0.4) is 0 Å². The van der Waals surface area contributed by atoms with Crippen LogP contribution >= 0.6 is 47.8 Å². The van der Waals surface area contributed by atoms with Gasteiger partial charge in [0.1, 0.15) is 5.75 Å². The Hall–Kier alpha value is -0.660. The summed E-state index contributed by atoms with van der Waals surface area (Å²) in [6.07, 6.45) is 0. The molecule has 0 aliphatic heterocycles. The Labute approximate surface area is 146 Å². The fourth-order valence-corrected chi connectivity index (χ4v) is 4.29. The second kappa shape index (κ2) is 7.56. The largest absolute Gasteiger partial charge is 0.434 e. The first-order chi connectivity index (χ1) is 9.97. The average Bonchev–Trinajstić information content (AvgIpc) is 2.38. The predicted octanol–water partition coefficient (Wildman–Crippen LogP) is 6.19. The summed E-state index contributed by atoms with van der Waals surface area (Å²) in [6.45, 7) is -2.47. The molecule has 0 spiro atoms.